The molecule has 0 fully saturated rings. The van der Waals surface area contributed by atoms with Crippen molar-refractivity contribution in [2.45, 2.75) is 6.92 Å². The first-order valence-electron chi connectivity index (χ1n) is 6.59. The number of amides is 1. The Labute approximate surface area is 129 Å². The van der Waals surface area contributed by atoms with Crippen LogP contribution in [0.1, 0.15) is 6.92 Å². The topological polar surface area (TPSA) is 50.4 Å². The van der Waals surface area contributed by atoms with Crippen LogP contribution < -0.4 is 10.6 Å². The highest BCUT2D eigenvalue weighted by atomic mass is 32.1. The second-order valence-corrected chi connectivity index (χ2v) is 4.65. The Balaban J connectivity index is 1.97. The lowest BCUT2D eigenvalue weighted by molar-refractivity contribution is 0.158. The van der Waals surface area contributed by atoms with E-state index in [1.165, 1.54) is 0 Å². The maximum absolute atomic E-state index is 11.2. The number of benzene rings is 2. The first-order valence-corrected chi connectivity index (χ1v) is 7.00. The van der Waals surface area contributed by atoms with E-state index in [0.29, 0.717) is 6.61 Å². The van der Waals surface area contributed by atoms with Crippen molar-refractivity contribution in [2.75, 3.05) is 11.9 Å². The molecule has 2 aromatic carbocycles. The van der Waals surface area contributed by atoms with Crippen LogP contribution in [-0.2, 0) is 4.74 Å². The summed E-state index contributed by atoms with van der Waals surface area (Å²) in [5, 5.41) is 5.57. The molecule has 0 atom stereocenters. The fourth-order valence-electron chi connectivity index (χ4n) is 1.80. The zero-order valence-corrected chi connectivity index (χ0v) is 12.4. The number of anilines is 1. The van der Waals surface area contributed by atoms with Crippen molar-refractivity contribution in [1.82, 2.24) is 5.32 Å². The number of ether oxygens (including phenoxy) is 1. The van der Waals surface area contributed by atoms with Crippen LogP contribution in [0.5, 0.6) is 0 Å². The molecule has 2 aromatic rings. The molecule has 0 aliphatic heterocycles. The van der Waals surface area contributed by atoms with Crippen molar-refractivity contribution < 1.29 is 9.53 Å². The van der Waals surface area contributed by atoms with Gasteiger partial charge >= 0.3 is 6.09 Å². The van der Waals surface area contributed by atoms with E-state index in [0.717, 1.165) is 16.8 Å². The van der Waals surface area contributed by atoms with Gasteiger partial charge in [0, 0.05) is 5.69 Å². The van der Waals surface area contributed by atoms with E-state index >= 15 is 0 Å². The van der Waals surface area contributed by atoms with Gasteiger partial charge in [0.15, 0.2) is 5.11 Å². The van der Waals surface area contributed by atoms with Gasteiger partial charge in [0.1, 0.15) is 0 Å². The fourth-order valence-corrected chi connectivity index (χ4v) is 2.00. The Morgan fingerprint density at radius 1 is 1.05 bits per heavy atom. The normalized spacial score (nSPS) is 9.76. The summed E-state index contributed by atoms with van der Waals surface area (Å²) in [4.78, 5) is 11.2. The van der Waals surface area contributed by atoms with Gasteiger partial charge in [-0.15, -0.1) is 0 Å². The minimum Gasteiger partial charge on any atom is -0.450 e. The van der Waals surface area contributed by atoms with E-state index in [9.17, 15) is 4.79 Å². The zero-order valence-electron chi connectivity index (χ0n) is 11.6. The number of hydrogen-bond acceptors (Lipinski definition) is 3. The summed E-state index contributed by atoms with van der Waals surface area (Å²) in [6, 6.07) is 17.9. The molecule has 0 bridgehead atoms. The molecule has 0 aromatic heterocycles. The van der Waals surface area contributed by atoms with Crippen molar-refractivity contribution in [2.24, 2.45) is 0 Å². The second kappa shape index (κ2) is 7.40. The summed E-state index contributed by atoms with van der Waals surface area (Å²) in [7, 11) is 0. The molecule has 108 valence electrons. The second-order valence-electron chi connectivity index (χ2n) is 4.24. The van der Waals surface area contributed by atoms with Crippen LogP contribution in [-0.4, -0.2) is 17.8 Å². The van der Waals surface area contributed by atoms with E-state index in [2.05, 4.69) is 22.8 Å². The molecule has 0 aliphatic carbocycles. The van der Waals surface area contributed by atoms with Gasteiger partial charge in [-0.1, -0.05) is 42.5 Å². The van der Waals surface area contributed by atoms with Gasteiger partial charge in [0.2, 0.25) is 0 Å². The predicted molar refractivity (Wildman–Crippen MR) is 88.3 cm³/mol. The average Bonchev–Trinajstić information content (AvgIpc) is 2.49. The molecule has 1 amide bonds. The summed E-state index contributed by atoms with van der Waals surface area (Å²) in [6.45, 7) is 2.04. The molecular formula is C16H16N2O2S. The summed E-state index contributed by atoms with van der Waals surface area (Å²) < 4.78 is 4.75. The molecule has 0 spiro atoms. The molecule has 0 saturated heterocycles. The number of carbonyl (C=O) groups is 1. The largest absolute Gasteiger partial charge is 0.450 e. The number of alkyl carbamates (subject to hydrolysis) is 1. The van der Waals surface area contributed by atoms with Crippen molar-refractivity contribution in [1.29, 1.82) is 0 Å². The number of rotatable bonds is 3. The lowest BCUT2D eigenvalue weighted by Gasteiger charge is -2.10. The van der Waals surface area contributed by atoms with E-state index in [1.807, 2.05) is 42.5 Å². The molecule has 21 heavy (non-hydrogen) atoms. The summed E-state index contributed by atoms with van der Waals surface area (Å²) in [5.41, 5.74) is 3.07. The van der Waals surface area contributed by atoms with Gasteiger partial charge in [-0.05, 0) is 42.4 Å². The van der Waals surface area contributed by atoms with Crippen LogP contribution in [0.2, 0.25) is 0 Å². The standard InChI is InChI=1S/C16H16N2O2S/c1-2-20-16(19)18-15(21)17-14-10-8-13(9-11-14)12-6-4-3-5-7-12/h3-11H,2H2,1H3,(H2,17,18,19,21). The highest BCUT2D eigenvalue weighted by Gasteiger charge is 2.04. The van der Waals surface area contributed by atoms with E-state index in [1.54, 1.807) is 6.92 Å². The van der Waals surface area contributed by atoms with Crippen molar-refractivity contribution in [3.05, 3.63) is 54.6 Å². The SMILES string of the molecule is CCOC(=O)NC(=S)Nc1ccc(-c2ccccc2)cc1. The van der Waals surface area contributed by atoms with Crippen LogP contribution in [0.15, 0.2) is 54.6 Å². The smallest absolute Gasteiger partial charge is 0.413 e. The third-order valence-corrected chi connectivity index (χ3v) is 2.95. The molecular weight excluding hydrogens is 284 g/mol. The van der Waals surface area contributed by atoms with Crippen LogP contribution >= 0.6 is 12.2 Å². The molecule has 5 heteroatoms. The van der Waals surface area contributed by atoms with Gasteiger partial charge in [-0.25, -0.2) is 4.79 Å². The molecule has 0 unspecified atom stereocenters. The quantitative estimate of drug-likeness (QED) is 0.847. The number of nitrogens with one attached hydrogen (secondary N) is 2. The number of carbonyl (C=O) groups excluding carboxylic acids is 1. The Hall–Kier alpha value is -2.40. The van der Waals surface area contributed by atoms with E-state index in [4.69, 9.17) is 17.0 Å². The lowest BCUT2D eigenvalue weighted by atomic mass is 10.1. The Kier molecular flexibility index (Phi) is 5.29. The Morgan fingerprint density at radius 2 is 1.67 bits per heavy atom. The fraction of sp³-hybridized carbons (Fsp3) is 0.125. The summed E-state index contributed by atoms with van der Waals surface area (Å²) in [6.07, 6.45) is -0.559. The van der Waals surface area contributed by atoms with Gasteiger partial charge in [0.25, 0.3) is 0 Å². The zero-order chi connectivity index (χ0) is 15.1. The van der Waals surface area contributed by atoms with Gasteiger partial charge in [0.05, 0.1) is 6.61 Å². The molecule has 2 rings (SSSR count). The van der Waals surface area contributed by atoms with E-state index in [-0.39, 0.29) is 5.11 Å². The third kappa shape index (κ3) is 4.57. The molecule has 0 heterocycles. The minimum absolute atomic E-state index is 0.209. The van der Waals surface area contributed by atoms with E-state index < -0.39 is 6.09 Å². The molecule has 4 nitrogen and oxygen atoms in total. The molecule has 2 N–H and O–H groups in total. The van der Waals surface area contributed by atoms with Gasteiger partial charge < -0.3 is 10.1 Å². The Bertz CT molecular complexity index is 612. The Morgan fingerprint density at radius 3 is 2.29 bits per heavy atom. The van der Waals surface area contributed by atoms with Crippen molar-refractivity contribution >= 4 is 29.1 Å². The average molecular weight is 300 g/mol. The maximum Gasteiger partial charge on any atom is 0.413 e. The highest BCUT2D eigenvalue weighted by Crippen LogP contribution is 2.20. The van der Waals surface area contributed by atoms with Crippen LogP contribution in [0.3, 0.4) is 0 Å². The highest BCUT2D eigenvalue weighted by molar-refractivity contribution is 7.80. The summed E-state index contributed by atoms with van der Waals surface area (Å²) >= 11 is 5.03. The monoisotopic (exact) mass is 300 g/mol. The van der Waals surface area contributed by atoms with Crippen LogP contribution in [0.25, 0.3) is 11.1 Å². The third-order valence-electron chi connectivity index (χ3n) is 2.74. The minimum atomic E-state index is -0.559. The van der Waals surface area contributed by atoms with Crippen molar-refractivity contribution in [3.8, 4) is 11.1 Å². The molecule has 0 saturated carbocycles. The predicted octanol–water partition coefficient (Wildman–Crippen LogP) is 3.80. The first kappa shape index (κ1) is 15.0. The van der Waals surface area contributed by atoms with Gasteiger partial charge in [-0.3, -0.25) is 5.32 Å². The van der Waals surface area contributed by atoms with Crippen LogP contribution in [0.4, 0.5) is 10.5 Å². The maximum atomic E-state index is 11.2. The molecule has 0 aliphatic rings. The number of thiocarbonyl (C=S) groups is 1. The number of hydrogen-bond donors (Lipinski definition) is 2. The first-order chi connectivity index (χ1) is 10.2. The lowest BCUT2D eigenvalue weighted by Crippen LogP contribution is -2.34. The van der Waals surface area contributed by atoms with Crippen LogP contribution in [0, 0.1) is 0 Å². The van der Waals surface area contributed by atoms with Gasteiger partial charge in [-0.2, -0.15) is 0 Å². The molecule has 0 radical (unpaired) electrons. The summed E-state index contributed by atoms with van der Waals surface area (Å²) in [5.74, 6) is 0. The van der Waals surface area contributed by atoms with Crippen molar-refractivity contribution in [3.63, 3.8) is 0 Å².